The number of rotatable bonds is 6. The fraction of sp³-hybridized carbons (Fsp3) is 0.429. The normalized spacial score (nSPS) is 11.4. The summed E-state index contributed by atoms with van der Waals surface area (Å²) in [5.74, 6) is 1.60. The Balaban J connectivity index is 2.49. The lowest BCUT2D eigenvalue weighted by molar-refractivity contribution is 0.467. The highest BCUT2D eigenvalue weighted by Gasteiger charge is 2.18. The van der Waals surface area contributed by atoms with E-state index in [0.717, 1.165) is 30.4 Å². The van der Waals surface area contributed by atoms with Gasteiger partial charge >= 0.3 is 0 Å². The fourth-order valence-corrected chi connectivity index (χ4v) is 3.15. The maximum absolute atomic E-state index is 9.95. The number of aromatic hydroxyl groups is 2. The van der Waals surface area contributed by atoms with E-state index < -0.39 is 0 Å². The third-order valence-electron chi connectivity index (χ3n) is 4.48. The van der Waals surface area contributed by atoms with E-state index in [-0.39, 0.29) is 5.92 Å². The lowest BCUT2D eigenvalue weighted by atomic mass is 9.83. The monoisotopic (exact) mass is 312 g/mol. The minimum atomic E-state index is 0.284. The molecule has 0 unspecified atom stereocenters. The predicted molar refractivity (Wildman–Crippen MR) is 96.3 cm³/mol. The van der Waals surface area contributed by atoms with Crippen LogP contribution in [0.3, 0.4) is 0 Å². The Hall–Kier alpha value is -1.96. The topological polar surface area (TPSA) is 40.5 Å². The summed E-state index contributed by atoms with van der Waals surface area (Å²) < 4.78 is 0. The Morgan fingerprint density at radius 1 is 0.783 bits per heavy atom. The van der Waals surface area contributed by atoms with Crippen LogP contribution >= 0.6 is 0 Å². The predicted octanol–water partition coefficient (Wildman–Crippen LogP) is 5.40. The van der Waals surface area contributed by atoms with Crippen molar-refractivity contribution >= 4 is 0 Å². The highest BCUT2D eigenvalue weighted by Crippen LogP contribution is 2.35. The second-order valence-electron chi connectivity index (χ2n) is 6.67. The van der Waals surface area contributed by atoms with E-state index in [0.29, 0.717) is 17.4 Å². The standard InChI is InChI=1S/C21H28O2/c1-5-15-12-17(7-9-20(15)22)19(11-14(3)4)18-8-10-21(23)16(6-2)13-18/h7-10,12-14,19,22-23H,5-6,11H2,1-4H3. The van der Waals surface area contributed by atoms with Crippen LogP contribution in [0.2, 0.25) is 0 Å². The van der Waals surface area contributed by atoms with E-state index in [1.807, 2.05) is 24.3 Å². The maximum atomic E-state index is 9.95. The molecule has 2 N–H and O–H groups in total. The van der Waals surface area contributed by atoms with Gasteiger partial charge in [-0.15, -0.1) is 0 Å². The van der Waals surface area contributed by atoms with Crippen molar-refractivity contribution in [2.24, 2.45) is 5.92 Å². The summed E-state index contributed by atoms with van der Waals surface area (Å²) in [6.45, 7) is 8.59. The highest BCUT2D eigenvalue weighted by atomic mass is 16.3. The molecule has 23 heavy (non-hydrogen) atoms. The molecule has 0 atom stereocenters. The Kier molecular flexibility index (Phi) is 5.70. The van der Waals surface area contributed by atoms with Gasteiger partial charge in [-0.2, -0.15) is 0 Å². The van der Waals surface area contributed by atoms with Crippen molar-refractivity contribution in [3.63, 3.8) is 0 Å². The minimum absolute atomic E-state index is 0.284. The molecule has 0 amide bonds. The van der Waals surface area contributed by atoms with Gasteiger partial charge in [-0.25, -0.2) is 0 Å². The van der Waals surface area contributed by atoms with E-state index in [2.05, 4.69) is 39.8 Å². The molecule has 2 heteroatoms. The largest absolute Gasteiger partial charge is 0.508 e. The summed E-state index contributed by atoms with van der Waals surface area (Å²) in [5, 5.41) is 19.9. The summed E-state index contributed by atoms with van der Waals surface area (Å²) in [6.07, 6.45) is 2.69. The maximum Gasteiger partial charge on any atom is 0.118 e. The van der Waals surface area contributed by atoms with Gasteiger partial charge in [0, 0.05) is 5.92 Å². The zero-order chi connectivity index (χ0) is 17.0. The number of phenolic OH excluding ortho intramolecular Hbond substituents is 2. The molecule has 2 aromatic carbocycles. The van der Waals surface area contributed by atoms with Gasteiger partial charge in [0.05, 0.1) is 0 Å². The van der Waals surface area contributed by atoms with Crippen LogP contribution in [0.5, 0.6) is 11.5 Å². The van der Waals surface area contributed by atoms with Gasteiger partial charge in [0.25, 0.3) is 0 Å². The first-order valence-corrected chi connectivity index (χ1v) is 8.59. The van der Waals surface area contributed by atoms with Gasteiger partial charge in [-0.1, -0.05) is 52.0 Å². The van der Waals surface area contributed by atoms with Crippen LogP contribution in [0.1, 0.15) is 62.3 Å². The van der Waals surface area contributed by atoms with E-state index in [1.54, 1.807) is 0 Å². The molecule has 0 fully saturated rings. The molecule has 0 aliphatic heterocycles. The molecule has 124 valence electrons. The smallest absolute Gasteiger partial charge is 0.118 e. The van der Waals surface area contributed by atoms with Crippen molar-refractivity contribution < 1.29 is 10.2 Å². The molecule has 2 rings (SSSR count). The second kappa shape index (κ2) is 7.54. The highest BCUT2D eigenvalue weighted by molar-refractivity contribution is 5.44. The number of aryl methyl sites for hydroxylation is 2. The Bertz CT molecular complexity index is 605. The van der Waals surface area contributed by atoms with Gasteiger partial charge in [0.1, 0.15) is 11.5 Å². The van der Waals surface area contributed by atoms with E-state index in [1.165, 1.54) is 11.1 Å². The van der Waals surface area contributed by atoms with E-state index in [9.17, 15) is 10.2 Å². The zero-order valence-corrected chi connectivity index (χ0v) is 14.6. The van der Waals surface area contributed by atoms with Crippen molar-refractivity contribution in [3.05, 3.63) is 58.7 Å². The van der Waals surface area contributed by atoms with Crippen LogP contribution in [0, 0.1) is 5.92 Å². The van der Waals surface area contributed by atoms with Gasteiger partial charge in [-0.3, -0.25) is 0 Å². The molecule has 0 saturated heterocycles. The first-order valence-electron chi connectivity index (χ1n) is 8.59. The average Bonchev–Trinajstić information content (AvgIpc) is 2.53. The number of benzene rings is 2. The number of hydrogen-bond donors (Lipinski definition) is 2. The Morgan fingerprint density at radius 2 is 1.22 bits per heavy atom. The molecule has 0 heterocycles. The molecule has 2 aromatic rings. The van der Waals surface area contributed by atoms with Crippen LogP contribution in [-0.2, 0) is 12.8 Å². The molecule has 0 bridgehead atoms. The van der Waals surface area contributed by atoms with Crippen LogP contribution in [0.4, 0.5) is 0 Å². The van der Waals surface area contributed by atoms with Crippen LogP contribution in [-0.4, -0.2) is 10.2 Å². The minimum Gasteiger partial charge on any atom is -0.508 e. The van der Waals surface area contributed by atoms with Crippen molar-refractivity contribution in [2.45, 2.75) is 52.9 Å². The molecule has 0 aromatic heterocycles. The SMILES string of the molecule is CCc1cc(C(CC(C)C)c2ccc(O)c(CC)c2)ccc1O. The van der Waals surface area contributed by atoms with Crippen LogP contribution in [0.15, 0.2) is 36.4 Å². The molecule has 0 saturated carbocycles. The van der Waals surface area contributed by atoms with Crippen molar-refractivity contribution in [3.8, 4) is 11.5 Å². The van der Waals surface area contributed by atoms with Crippen LogP contribution in [0.25, 0.3) is 0 Å². The molecule has 0 aliphatic rings. The molecule has 0 radical (unpaired) electrons. The molecular formula is C21H28O2. The summed E-state index contributed by atoms with van der Waals surface area (Å²) in [5.41, 5.74) is 4.46. The summed E-state index contributed by atoms with van der Waals surface area (Å²) >= 11 is 0. The molecule has 0 spiro atoms. The van der Waals surface area contributed by atoms with Gasteiger partial charge in [0.15, 0.2) is 0 Å². The van der Waals surface area contributed by atoms with Crippen molar-refractivity contribution in [2.75, 3.05) is 0 Å². The molecular weight excluding hydrogens is 284 g/mol. The fourth-order valence-electron chi connectivity index (χ4n) is 3.15. The summed E-state index contributed by atoms with van der Waals surface area (Å²) in [7, 11) is 0. The summed E-state index contributed by atoms with van der Waals surface area (Å²) in [4.78, 5) is 0. The Morgan fingerprint density at radius 3 is 1.57 bits per heavy atom. The van der Waals surface area contributed by atoms with Gasteiger partial charge < -0.3 is 10.2 Å². The second-order valence-corrected chi connectivity index (χ2v) is 6.67. The zero-order valence-electron chi connectivity index (χ0n) is 14.6. The van der Waals surface area contributed by atoms with Crippen molar-refractivity contribution in [1.82, 2.24) is 0 Å². The number of phenols is 2. The lowest BCUT2D eigenvalue weighted by Crippen LogP contribution is -2.06. The lowest BCUT2D eigenvalue weighted by Gasteiger charge is -2.22. The summed E-state index contributed by atoms with van der Waals surface area (Å²) in [6, 6.07) is 11.9. The van der Waals surface area contributed by atoms with Crippen LogP contribution < -0.4 is 0 Å². The first-order chi connectivity index (χ1) is 11.0. The number of hydrogen-bond acceptors (Lipinski definition) is 2. The van der Waals surface area contributed by atoms with Gasteiger partial charge in [0.2, 0.25) is 0 Å². The average molecular weight is 312 g/mol. The van der Waals surface area contributed by atoms with E-state index in [4.69, 9.17) is 0 Å². The Labute approximate surface area is 139 Å². The molecule has 2 nitrogen and oxygen atoms in total. The quantitative estimate of drug-likeness (QED) is 0.749. The molecule has 0 aliphatic carbocycles. The van der Waals surface area contributed by atoms with Gasteiger partial charge in [-0.05, 0) is 59.6 Å². The van der Waals surface area contributed by atoms with E-state index >= 15 is 0 Å². The third-order valence-corrected chi connectivity index (χ3v) is 4.48. The third kappa shape index (κ3) is 4.07. The first kappa shape index (κ1) is 17.4. The van der Waals surface area contributed by atoms with Crippen molar-refractivity contribution in [1.29, 1.82) is 0 Å².